The molecular weight excluding hydrogens is 359 g/mol. The van der Waals surface area contributed by atoms with Crippen LogP contribution in [0.3, 0.4) is 0 Å². The summed E-state index contributed by atoms with van der Waals surface area (Å²) in [4.78, 5) is 22.8. The number of carboxylic acids is 1. The molecule has 140 valence electrons. The molecular formula is C23H17FO4. The number of halogens is 1. The van der Waals surface area contributed by atoms with Crippen LogP contribution in [0.1, 0.15) is 37.4 Å². The van der Waals surface area contributed by atoms with Gasteiger partial charge in [0, 0.05) is 0 Å². The van der Waals surface area contributed by atoms with E-state index in [4.69, 9.17) is 9.84 Å². The highest BCUT2D eigenvalue weighted by Gasteiger charge is 2.10. The van der Waals surface area contributed by atoms with E-state index in [0.29, 0.717) is 5.56 Å². The number of carboxylic acid groups (broad SMARTS) is 1. The molecule has 0 heterocycles. The van der Waals surface area contributed by atoms with Crippen LogP contribution in [0.15, 0.2) is 72.8 Å². The minimum atomic E-state index is -1.00. The average molecular weight is 376 g/mol. The molecule has 0 saturated heterocycles. The Bertz CT molecular complexity index is 1020. The zero-order valence-corrected chi connectivity index (χ0v) is 15.1. The second kappa shape index (κ2) is 8.31. The monoisotopic (exact) mass is 376 g/mol. The molecule has 5 heteroatoms. The van der Waals surface area contributed by atoms with E-state index in [1.807, 2.05) is 6.08 Å². The topological polar surface area (TPSA) is 63.6 Å². The maximum atomic E-state index is 13.2. The van der Waals surface area contributed by atoms with Gasteiger partial charge in [0.1, 0.15) is 5.82 Å². The Morgan fingerprint density at radius 1 is 0.786 bits per heavy atom. The molecule has 0 bridgehead atoms. The first-order valence-electron chi connectivity index (χ1n) is 8.47. The summed E-state index contributed by atoms with van der Waals surface area (Å²) in [6.45, 7) is 0. The van der Waals surface area contributed by atoms with E-state index in [-0.39, 0.29) is 11.4 Å². The van der Waals surface area contributed by atoms with Crippen LogP contribution in [0.25, 0.3) is 11.6 Å². The van der Waals surface area contributed by atoms with Gasteiger partial charge in [-0.25, -0.2) is 14.0 Å². The minimum Gasteiger partial charge on any atom is -0.478 e. The van der Waals surface area contributed by atoms with E-state index >= 15 is 0 Å². The van der Waals surface area contributed by atoms with Crippen molar-refractivity contribution in [2.45, 2.75) is 0 Å². The highest BCUT2D eigenvalue weighted by atomic mass is 19.1. The summed E-state index contributed by atoms with van der Waals surface area (Å²) in [5, 5.41) is 9.10. The van der Waals surface area contributed by atoms with Crippen LogP contribution in [0.4, 0.5) is 4.39 Å². The summed E-state index contributed by atoms with van der Waals surface area (Å²) in [6, 6.07) is 19.4. The van der Waals surface area contributed by atoms with Crippen LogP contribution >= 0.6 is 0 Å². The molecule has 3 aromatic carbocycles. The van der Waals surface area contributed by atoms with Crippen molar-refractivity contribution in [3.8, 4) is 0 Å². The lowest BCUT2D eigenvalue weighted by Gasteiger charge is -2.10. The van der Waals surface area contributed by atoms with Crippen LogP contribution in [0.2, 0.25) is 0 Å². The van der Waals surface area contributed by atoms with E-state index in [1.165, 1.54) is 31.4 Å². The van der Waals surface area contributed by atoms with Crippen molar-refractivity contribution < 1.29 is 23.8 Å². The molecule has 0 aliphatic rings. The third-order valence-electron chi connectivity index (χ3n) is 4.24. The fraction of sp³-hybridized carbons (Fsp3) is 0.0435. The van der Waals surface area contributed by atoms with Gasteiger partial charge in [0.05, 0.1) is 18.2 Å². The molecule has 0 amide bonds. The second-order valence-electron chi connectivity index (χ2n) is 6.06. The molecule has 0 radical (unpaired) electrons. The van der Waals surface area contributed by atoms with Crippen molar-refractivity contribution in [1.82, 2.24) is 0 Å². The van der Waals surface area contributed by atoms with Crippen molar-refractivity contribution in [2.24, 2.45) is 0 Å². The van der Waals surface area contributed by atoms with E-state index < -0.39 is 11.9 Å². The Balaban J connectivity index is 2.07. The summed E-state index contributed by atoms with van der Waals surface area (Å²) < 4.78 is 17.9. The Morgan fingerprint density at radius 2 is 1.25 bits per heavy atom. The van der Waals surface area contributed by atoms with E-state index in [2.05, 4.69) is 0 Å². The molecule has 4 nitrogen and oxygen atoms in total. The summed E-state index contributed by atoms with van der Waals surface area (Å²) in [5.41, 5.74) is 3.82. The van der Waals surface area contributed by atoms with Gasteiger partial charge in [-0.15, -0.1) is 0 Å². The summed E-state index contributed by atoms with van der Waals surface area (Å²) in [5.74, 6) is -1.76. The van der Waals surface area contributed by atoms with Gasteiger partial charge in [-0.05, 0) is 64.7 Å². The van der Waals surface area contributed by atoms with Gasteiger partial charge < -0.3 is 9.84 Å². The van der Waals surface area contributed by atoms with Crippen molar-refractivity contribution in [3.05, 3.63) is 106 Å². The van der Waals surface area contributed by atoms with E-state index in [1.54, 1.807) is 48.5 Å². The zero-order valence-electron chi connectivity index (χ0n) is 15.1. The number of esters is 1. The number of ether oxygens (including phenoxy) is 1. The van der Waals surface area contributed by atoms with Crippen LogP contribution in [0, 0.1) is 5.82 Å². The molecule has 0 fully saturated rings. The lowest BCUT2D eigenvalue weighted by molar-refractivity contribution is 0.0599. The molecule has 3 rings (SSSR count). The standard InChI is InChI=1S/C23H17FO4/c1-28-23(27)19-10-6-17(7-11-19)21(14-15-2-12-20(24)13-3-15)16-4-8-18(9-5-16)22(25)26/h2-14H,1H3,(H,25,26). The SMILES string of the molecule is COC(=O)c1ccc(C(=Cc2ccc(F)cc2)c2ccc(C(=O)O)cc2)cc1. The van der Waals surface area contributed by atoms with Gasteiger partial charge >= 0.3 is 11.9 Å². The van der Waals surface area contributed by atoms with Crippen LogP contribution < -0.4 is 0 Å². The maximum absolute atomic E-state index is 13.2. The number of carbonyl (C=O) groups excluding carboxylic acids is 1. The van der Waals surface area contributed by atoms with Crippen LogP contribution in [0.5, 0.6) is 0 Å². The lowest BCUT2D eigenvalue weighted by atomic mass is 9.94. The number of aromatic carboxylic acids is 1. The molecule has 0 spiro atoms. The molecule has 28 heavy (non-hydrogen) atoms. The molecule has 0 aromatic heterocycles. The number of rotatable bonds is 5. The highest BCUT2D eigenvalue weighted by molar-refractivity contribution is 5.94. The number of benzene rings is 3. The predicted octanol–water partition coefficient (Wildman–Crippen LogP) is 4.90. The number of hydrogen-bond acceptors (Lipinski definition) is 3. The molecule has 0 saturated carbocycles. The Kier molecular flexibility index (Phi) is 5.65. The first kappa shape index (κ1) is 19.0. The van der Waals surface area contributed by atoms with E-state index in [9.17, 15) is 14.0 Å². The predicted molar refractivity (Wildman–Crippen MR) is 105 cm³/mol. The average Bonchev–Trinajstić information content (AvgIpc) is 2.73. The Morgan fingerprint density at radius 3 is 1.71 bits per heavy atom. The largest absolute Gasteiger partial charge is 0.478 e. The fourth-order valence-corrected chi connectivity index (χ4v) is 2.76. The van der Waals surface area contributed by atoms with Crippen molar-refractivity contribution >= 4 is 23.6 Å². The third-order valence-corrected chi connectivity index (χ3v) is 4.24. The second-order valence-corrected chi connectivity index (χ2v) is 6.06. The van der Waals surface area contributed by atoms with Crippen molar-refractivity contribution in [3.63, 3.8) is 0 Å². The van der Waals surface area contributed by atoms with Crippen molar-refractivity contribution in [2.75, 3.05) is 7.11 Å². The van der Waals surface area contributed by atoms with Crippen LogP contribution in [-0.4, -0.2) is 24.2 Å². The normalized spacial score (nSPS) is 11.1. The van der Waals surface area contributed by atoms with E-state index in [0.717, 1.165) is 22.3 Å². The molecule has 0 unspecified atom stereocenters. The molecule has 0 atom stereocenters. The van der Waals surface area contributed by atoms with Crippen LogP contribution in [-0.2, 0) is 4.74 Å². The molecule has 3 aromatic rings. The minimum absolute atomic E-state index is 0.186. The lowest BCUT2D eigenvalue weighted by Crippen LogP contribution is -2.01. The zero-order chi connectivity index (χ0) is 20.1. The summed E-state index contributed by atoms with van der Waals surface area (Å²) in [6.07, 6.45) is 1.88. The highest BCUT2D eigenvalue weighted by Crippen LogP contribution is 2.27. The Hall–Kier alpha value is -3.73. The molecule has 0 aliphatic carbocycles. The van der Waals surface area contributed by atoms with Gasteiger partial charge in [0.25, 0.3) is 0 Å². The third kappa shape index (κ3) is 4.32. The number of methoxy groups -OCH3 is 1. The molecule has 1 N–H and O–H groups in total. The number of carbonyl (C=O) groups is 2. The fourth-order valence-electron chi connectivity index (χ4n) is 2.76. The summed E-state index contributed by atoms with van der Waals surface area (Å²) in [7, 11) is 1.32. The summed E-state index contributed by atoms with van der Waals surface area (Å²) >= 11 is 0. The first-order valence-corrected chi connectivity index (χ1v) is 8.47. The van der Waals surface area contributed by atoms with Crippen molar-refractivity contribution in [1.29, 1.82) is 0 Å². The first-order chi connectivity index (χ1) is 13.5. The Labute approximate surface area is 161 Å². The van der Waals surface area contributed by atoms with Gasteiger partial charge in [-0.1, -0.05) is 36.4 Å². The maximum Gasteiger partial charge on any atom is 0.337 e. The quantitative estimate of drug-likeness (QED) is 0.508. The smallest absolute Gasteiger partial charge is 0.337 e. The molecule has 0 aliphatic heterocycles. The van der Waals surface area contributed by atoms with Gasteiger partial charge in [-0.2, -0.15) is 0 Å². The van der Waals surface area contributed by atoms with Gasteiger partial charge in [-0.3, -0.25) is 0 Å². The number of hydrogen-bond donors (Lipinski definition) is 1. The van der Waals surface area contributed by atoms with Gasteiger partial charge in [0.2, 0.25) is 0 Å². The van der Waals surface area contributed by atoms with Gasteiger partial charge in [0.15, 0.2) is 0 Å².